The molecule has 1 heteroatoms. The van der Waals surface area contributed by atoms with Gasteiger partial charge in [0.1, 0.15) is 0 Å². The number of hydrogen-bond acceptors (Lipinski definition) is 0. The summed E-state index contributed by atoms with van der Waals surface area (Å²) < 4.78 is 0. The van der Waals surface area contributed by atoms with E-state index in [4.69, 9.17) is 0 Å². The van der Waals surface area contributed by atoms with Crippen LogP contribution >= 0.6 is 15.9 Å². The van der Waals surface area contributed by atoms with Gasteiger partial charge in [-0.15, -0.1) is 0 Å². The molecule has 0 amide bonds. The Balaban J connectivity index is 1.94. The minimum absolute atomic E-state index is 0.724. The zero-order valence-electron chi connectivity index (χ0n) is 9.90. The Morgan fingerprint density at radius 2 is 1.82 bits per heavy atom. The highest BCUT2D eigenvalue weighted by molar-refractivity contribution is 9.09. The molecule has 2 unspecified atom stereocenters. The van der Waals surface area contributed by atoms with Gasteiger partial charge >= 0.3 is 0 Å². The minimum Gasteiger partial charge on any atom is -0.0888 e. The Labute approximate surface area is 111 Å². The predicted octanol–water partition coefficient (Wildman–Crippen LogP) is 4.95. The first-order chi connectivity index (χ1) is 8.34. The van der Waals surface area contributed by atoms with Crippen LogP contribution in [0.25, 0.3) is 10.8 Å². The summed E-state index contributed by atoms with van der Waals surface area (Å²) in [6.07, 6.45) is 5.32. The molecule has 88 valence electrons. The van der Waals surface area contributed by atoms with Crippen LogP contribution in [-0.4, -0.2) is 4.83 Å². The summed E-state index contributed by atoms with van der Waals surface area (Å²) in [4.78, 5) is 0.724. The Morgan fingerprint density at radius 3 is 2.65 bits per heavy atom. The molecule has 0 aromatic heterocycles. The van der Waals surface area contributed by atoms with Gasteiger partial charge in [0.15, 0.2) is 0 Å². The molecule has 1 aliphatic carbocycles. The van der Waals surface area contributed by atoms with Crippen molar-refractivity contribution in [1.29, 1.82) is 0 Å². The predicted molar refractivity (Wildman–Crippen MR) is 77.7 cm³/mol. The fourth-order valence-electron chi connectivity index (χ4n) is 2.97. The maximum atomic E-state index is 3.83. The summed E-state index contributed by atoms with van der Waals surface area (Å²) in [5, 5.41) is 2.80. The highest BCUT2D eigenvalue weighted by Gasteiger charge is 2.25. The standard InChI is InChI=1S/C16H17Br/c17-16-10-4-8-14(16)11-13-7-3-6-12-5-1-2-9-15(12)13/h1-3,5-7,9,14,16H,4,8,10-11H2. The second-order valence-electron chi connectivity index (χ2n) is 5.05. The third kappa shape index (κ3) is 2.26. The van der Waals surface area contributed by atoms with Crippen LogP contribution in [0.2, 0.25) is 0 Å². The van der Waals surface area contributed by atoms with Crippen LogP contribution < -0.4 is 0 Å². The van der Waals surface area contributed by atoms with E-state index in [0.29, 0.717) is 0 Å². The van der Waals surface area contributed by atoms with Crippen molar-refractivity contribution in [3.8, 4) is 0 Å². The summed E-state index contributed by atoms with van der Waals surface area (Å²) in [6.45, 7) is 0. The monoisotopic (exact) mass is 288 g/mol. The van der Waals surface area contributed by atoms with Crippen molar-refractivity contribution in [2.45, 2.75) is 30.5 Å². The van der Waals surface area contributed by atoms with Gasteiger partial charge in [-0.3, -0.25) is 0 Å². The lowest BCUT2D eigenvalue weighted by Crippen LogP contribution is -2.09. The number of alkyl halides is 1. The van der Waals surface area contributed by atoms with Gasteiger partial charge < -0.3 is 0 Å². The molecule has 0 saturated heterocycles. The highest BCUT2D eigenvalue weighted by Crippen LogP contribution is 2.35. The van der Waals surface area contributed by atoms with E-state index in [1.54, 1.807) is 0 Å². The van der Waals surface area contributed by atoms with E-state index in [0.717, 1.165) is 10.7 Å². The smallest absolute Gasteiger partial charge is 0.0177 e. The van der Waals surface area contributed by atoms with Crippen LogP contribution in [0, 0.1) is 5.92 Å². The van der Waals surface area contributed by atoms with E-state index >= 15 is 0 Å². The van der Waals surface area contributed by atoms with E-state index in [2.05, 4.69) is 58.4 Å². The molecule has 2 atom stereocenters. The molecule has 0 heterocycles. The van der Waals surface area contributed by atoms with Gasteiger partial charge in [0, 0.05) is 4.83 Å². The quantitative estimate of drug-likeness (QED) is 0.686. The van der Waals surface area contributed by atoms with Crippen LogP contribution in [0.3, 0.4) is 0 Å². The average Bonchev–Trinajstić information content (AvgIpc) is 2.76. The topological polar surface area (TPSA) is 0 Å². The molecule has 0 aliphatic heterocycles. The van der Waals surface area contributed by atoms with Crippen molar-refractivity contribution in [2.75, 3.05) is 0 Å². The number of hydrogen-bond donors (Lipinski definition) is 0. The molecule has 3 rings (SSSR count). The van der Waals surface area contributed by atoms with E-state index < -0.39 is 0 Å². The maximum Gasteiger partial charge on any atom is 0.0177 e. The zero-order valence-corrected chi connectivity index (χ0v) is 11.5. The van der Waals surface area contributed by atoms with Gasteiger partial charge in [-0.25, -0.2) is 0 Å². The van der Waals surface area contributed by atoms with Gasteiger partial charge in [0.05, 0.1) is 0 Å². The molecular weight excluding hydrogens is 272 g/mol. The molecule has 1 aliphatic rings. The fourth-order valence-corrected chi connectivity index (χ4v) is 3.75. The summed E-state index contributed by atoms with van der Waals surface area (Å²) in [7, 11) is 0. The maximum absolute atomic E-state index is 3.83. The number of benzene rings is 2. The first kappa shape index (κ1) is 11.3. The highest BCUT2D eigenvalue weighted by atomic mass is 79.9. The summed E-state index contributed by atoms with van der Waals surface area (Å²) in [5.41, 5.74) is 1.51. The van der Waals surface area contributed by atoms with E-state index in [1.165, 1.54) is 42.0 Å². The van der Waals surface area contributed by atoms with Crippen molar-refractivity contribution < 1.29 is 0 Å². The van der Waals surface area contributed by atoms with Crippen LogP contribution in [-0.2, 0) is 6.42 Å². The summed E-state index contributed by atoms with van der Waals surface area (Å²) >= 11 is 3.83. The Morgan fingerprint density at radius 1 is 1.00 bits per heavy atom. The lowest BCUT2D eigenvalue weighted by atomic mass is 9.94. The van der Waals surface area contributed by atoms with Crippen molar-refractivity contribution in [2.24, 2.45) is 5.92 Å². The summed E-state index contributed by atoms with van der Waals surface area (Å²) in [5.74, 6) is 0.820. The Bertz CT molecular complexity index is 512. The third-order valence-corrected chi connectivity index (χ3v) is 5.13. The molecular formula is C16H17Br. The fraction of sp³-hybridized carbons (Fsp3) is 0.375. The van der Waals surface area contributed by atoms with Crippen LogP contribution in [0.1, 0.15) is 24.8 Å². The van der Waals surface area contributed by atoms with Crippen LogP contribution in [0.5, 0.6) is 0 Å². The minimum atomic E-state index is 0.724. The molecule has 0 N–H and O–H groups in total. The van der Waals surface area contributed by atoms with Crippen LogP contribution in [0.4, 0.5) is 0 Å². The molecule has 2 aromatic rings. The van der Waals surface area contributed by atoms with Gasteiger partial charge in [-0.2, -0.15) is 0 Å². The Kier molecular flexibility index (Phi) is 3.19. The lowest BCUT2D eigenvalue weighted by molar-refractivity contribution is 0.565. The van der Waals surface area contributed by atoms with Crippen molar-refractivity contribution in [1.82, 2.24) is 0 Å². The second-order valence-corrected chi connectivity index (χ2v) is 6.23. The van der Waals surface area contributed by atoms with Crippen LogP contribution in [0.15, 0.2) is 42.5 Å². The van der Waals surface area contributed by atoms with E-state index in [-0.39, 0.29) is 0 Å². The average molecular weight is 289 g/mol. The normalized spacial score (nSPS) is 24.3. The molecule has 1 saturated carbocycles. The van der Waals surface area contributed by atoms with Gasteiger partial charge in [0.25, 0.3) is 0 Å². The van der Waals surface area contributed by atoms with E-state index in [1.807, 2.05) is 0 Å². The van der Waals surface area contributed by atoms with Gasteiger partial charge in [-0.1, -0.05) is 64.8 Å². The first-order valence-corrected chi connectivity index (χ1v) is 7.37. The SMILES string of the molecule is BrC1CCCC1Cc1cccc2ccccc12. The molecule has 0 nitrogen and oxygen atoms in total. The zero-order chi connectivity index (χ0) is 11.7. The molecule has 17 heavy (non-hydrogen) atoms. The largest absolute Gasteiger partial charge is 0.0888 e. The molecule has 1 fully saturated rings. The van der Waals surface area contributed by atoms with Crippen molar-refractivity contribution in [3.63, 3.8) is 0 Å². The number of fused-ring (bicyclic) bond motifs is 1. The Hall–Kier alpha value is -0.820. The van der Waals surface area contributed by atoms with E-state index in [9.17, 15) is 0 Å². The third-order valence-electron chi connectivity index (χ3n) is 3.93. The lowest BCUT2D eigenvalue weighted by Gasteiger charge is -2.15. The molecule has 2 aromatic carbocycles. The molecule has 0 radical (unpaired) electrons. The number of rotatable bonds is 2. The first-order valence-electron chi connectivity index (χ1n) is 6.45. The molecule has 0 bridgehead atoms. The van der Waals surface area contributed by atoms with Crippen molar-refractivity contribution >= 4 is 26.7 Å². The molecule has 0 spiro atoms. The number of halogens is 1. The van der Waals surface area contributed by atoms with Crippen molar-refractivity contribution in [3.05, 3.63) is 48.0 Å². The summed E-state index contributed by atoms with van der Waals surface area (Å²) in [6, 6.07) is 15.4. The van der Waals surface area contributed by atoms with Gasteiger partial charge in [-0.05, 0) is 41.5 Å². The second kappa shape index (κ2) is 4.81. The van der Waals surface area contributed by atoms with Gasteiger partial charge in [0.2, 0.25) is 0 Å².